The summed E-state index contributed by atoms with van der Waals surface area (Å²) in [4.78, 5) is 5.35. The predicted octanol–water partition coefficient (Wildman–Crippen LogP) is 3.74. The molecule has 0 spiro atoms. The van der Waals surface area contributed by atoms with E-state index in [0.717, 1.165) is 22.4 Å². The molecule has 0 saturated heterocycles. The summed E-state index contributed by atoms with van der Waals surface area (Å²) in [5.41, 5.74) is 9.90. The zero-order chi connectivity index (χ0) is 15.0. The van der Waals surface area contributed by atoms with Crippen LogP contribution in [0.15, 0.2) is 34.6 Å². The van der Waals surface area contributed by atoms with Crippen LogP contribution in [0.5, 0.6) is 0 Å². The monoisotopic (exact) mass is 290 g/mol. The zero-order valence-electron chi connectivity index (χ0n) is 12.3. The average Bonchev–Trinajstić information content (AvgIpc) is 3.00. The Kier molecular flexibility index (Phi) is 6.98. The van der Waals surface area contributed by atoms with Crippen LogP contribution in [0, 0.1) is 6.92 Å². The van der Waals surface area contributed by atoms with E-state index in [0.29, 0.717) is 6.54 Å². The number of rotatable bonds is 4. The highest BCUT2D eigenvalue weighted by molar-refractivity contribution is 7.13. The van der Waals surface area contributed by atoms with Gasteiger partial charge in [0.25, 0.3) is 0 Å². The molecule has 0 saturated carbocycles. The number of anilines is 1. The number of hydrogen-bond acceptors (Lipinski definition) is 4. The van der Waals surface area contributed by atoms with Gasteiger partial charge in [-0.05, 0) is 41.6 Å². The highest BCUT2D eigenvalue weighted by atomic mass is 32.1. The number of nitrogens with two attached hydrogens (primary N) is 1. The van der Waals surface area contributed by atoms with E-state index >= 15 is 0 Å². The van der Waals surface area contributed by atoms with Crippen molar-refractivity contribution in [3.63, 3.8) is 0 Å². The lowest BCUT2D eigenvalue weighted by molar-refractivity contribution is 0.307. The first-order chi connectivity index (χ1) is 9.72. The Morgan fingerprint density at radius 2 is 2.10 bits per heavy atom. The molecule has 0 atom stereocenters. The Hall–Kier alpha value is -1.65. The van der Waals surface area contributed by atoms with E-state index in [4.69, 9.17) is 10.8 Å². The van der Waals surface area contributed by atoms with Gasteiger partial charge in [-0.25, -0.2) is 0 Å². The molecule has 3 nitrogen and oxygen atoms in total. The number of hydrogen-bond donors (Lipinski definition) is 2. The fraction of sp³-hybridized carbons (Fsp3) is 0.312. The van der Waals surface area contributed by atoms with Crippen LogP contribution >= 0.6 is 11.3 Å². The smallest absolute Gasteiger partial charge is 0.0626 e. The van der Waals surface area contributed by atoms with Crippen molar-refractivity contribution >= 4 is 23.2 Å². The number of aliphatic hydroxyl groups excluding tert-OH is 1. The highest BCUT2D eigenvalue weighted by Gasteiger charge is 2.06. The van der Waals surface area contributed by atoms with E-state index in [1.807, 2.05) is 32.9 Å². The van der Waals surface area contributed by atoms with Gasteiger partial charge in [-0.2, -0.15) is 0 Å². The molecule has 1 heterocycles. The maximum Gasteiger partial charge on any atom is 0.0626 e. The summed E-state index contributed by atoms with van der Waals surface area (Å²) in [5.74, 6) is 0. The zero-order valence-corrected chi connectivity index (χ0v) is 13.1. The summed E-state index contributed by atoms with van der Waals surface area (Å²) in [6.07, 6.45) is 1.73. The Bertz CT molecular complexity index is 548. The molecular formula is C16H22N2OS. The van der Waals surface area contributed by atoms with Crippen LogP contribution in [-0.4, -0.2) is 24.5 Å². The van der Waals surface area contributed by atoms with E-state index in [-0.39, 0.29) is 6.61 Å². The second-order valence-electron chi connectivity index (χ2n) is 4.03. The number of thiophene rings is 1. The second kappa shape index (κ2) is 8.51. The Balaban J connectivity index is 0.000000956. The fourth-order valence-corrected chi connectivity index (χ4v) is 2.45. The SMILES string of the molecule is CC.Cc1cc(-c2cccs2)cc(C=NCCO)c1N. The van der Waals surface area contributed by atoms with E-state index in [2.05, 4.69) is 22.5 Å². The van der Waals surface area contributed by atoms with Gasteiger partial charge in [0.1, 0.15) is 0 Å². The van der Waals surface area contributed by atoms with Gasteiger partial charge in [0, 0.05) is 22.3 Å². The van der Waals surface area contributed by atoms with Crippen molar-refractivity contribution in [3.8, 4) is 10.4 Å². The molecule has 0 unspecified atom stereocenters. The Morgan fingerprint density at radius 3 is 2.70 bits per heavy atom. The van der Waals surface area contributed by atoms with Crippen molar-refractivity contribution in [1.29, 1.82) is 0 Å². The molecule has 0 aliphatic heterocycles. The van der Waals surface area contributed by atoms with Gasteiger partial charge in [-0.15, -0.1) is 11.3 Å². The van der Waals surface area contributed by atoms with Gasteiger partial charge in [0.15, 0.2) is 0 Å². The van der Waals surface area contributed by atoms with E-state index < -0.39 is 0 Å². The summed E-state index contributed by atoms with van der Waals surface area (Å²) in [6.45, 7) is 6.46. The van der Waals surface area contributed by atoms with Crippen molar-refractivity contribution in [2.75, 3.05) is 18.9 Å². The molecule has 0 amide bonds. The van der Waals surface area contributed by atoms with Gasteiger partial charge in [-0.1, -0.05) is 19.9 Å². The third-order valence-electron chi connectivity index (χ3n) is 2.68. The number of aryl methyl sites for hydroxylation is 1. The molecule has 3 N–H and O–H groups in total. The first kappa shape index (κ1) is 16.4. The van der Waals surface area contributed by atoms with Crippen LogP contribution in [-0.2, 0) is 0 Å². The maximum atomic E-state index is 8.73. The summed E-state index contributed by atoms with van der Waals surface area (Å²) in [6, 6.07) is 8.25. The molecular weight excluding hydrogens is 268 g/mol. The first-order valence-corrected chi connectivity index (χ1v) is 7.65. The molecule has 2 aromatic rings. The molecule has 2 rings (SSSR count). The number of benzene rings is 1. The molecule has 0 bridgehead atoms. The molecule has 0 fully saturated rings. The van der Waals surface area contributed by atoms with Crippen molar-refractivity contribution in [2.45, 2.75) is 20.8 Å². The van der Waals surface area contributed by atoms with Gasteiger partial charge in [0.2, 0.25) is 0 Å². The molecule has 20 heavy (non-hydrogen) atoms. The van der Waals surface area contributed by atoms with Crippen LogP contribution < -0.4 is 5.73 Å². The van der Waals surface area contributed by atoms with E-state index in [9.17, 15) is 0 Å². The Morgan fingerprint density at radius 1 is 1.35 bits per heavy atom. The molecule has 0 radical (unpaired) electrons. The molecule has 4 heteroatoms. The summed E-state index contributed by atoms with van der Waals surface area (Å²) < 4.78 is 0. The van der Waals surface area contributed by atoms with Gasteiger partial charge in [0.05, 0.1) is 13.2 Å². The Labute approximate surface area is 124 Å². The van der Waals surface area contributed by atoms with Crippen molar-refractivity contribution in [1.82, 2.24) is 0 Å². The third kappa shape index (κ3) is 4.18. The van der Waals surface area contributed by atoms with Gasteiger partial charge < -0.3 is 10.8 Å². The van der Waals surface area contributed by atoms with E-state index in [1.54, 1.807) is 17.6 Å². The summed E-state index contributed by atoms with van der Waals surface area (Å²) in [5, 5.41) is 10.8. The molecule has 1 aromatic carbocycles. The number of aliphatic imine (C=N–C) groups is 1. The minimum absolute atomic E-state index is 0.0556. The molecule has 1 aromatic heterocycles. The van der Waals surface area contributed by atoms with Gasteiger partial charge >= 0.3 is 0 Å². The average molecular weight is 290 g/mol. The van der Waals surface area contributed by atoms with Crippen LogP contribution in [0.1, 0.15) is 25.0 Å². The molecule has 108 valence electrons. The maximum absolute atomic E-state index is 8.73. The second-order valence-corrected chi connectivity index (χ2v) is 4.98. The van der Waals surface area contributed by atoms with E-state index in [1.165, 1.54) is 4.88 Å². The number of aliphatic hydroxyl groups is 1. The van der Waals surface area contributed by atoms with Crippen molar-refractivity contribution < 1.29 is 5.11 Å². The van der Waals surface area contributed by atoms with Crippen LogP contribution in [0.4, 0.5) is 5.69 Å². The lowest BCUT2D eigenvalue weighted by atomic mass is 10.0. The van der Waals surface area contributed by atoms with Crippen LogP contribution in [0.2, 0.25) is 0 Å². The quantitative estimate of drug-likeness (QED) is 0.665. The lowest BCUT2D eigenvalue weighted by Crippen LogP contribution is -1.98. The molecule has 0 aliphatic rings. The lowest BCUT2D eigenvalue weighted by Gasteiger charge is -2.08. The normalized spacial score (nSPS) is 10.4. The summed E-state index contributed by atoms with van der Waals surface area (Å²) in [7, 11) is 0. The number of nitrogens with zero attached hydrogens (tertiary/aromatic N) is 1. The standard InChI is InChI=1S/C14H16N2OS.C2H6/c1-10-7-11(13-3-2-6-18-13)8-12(14(10)15)9-16-4-5-17;1-2/h2-3,6-9,17H,4-5,15H2,1H3;1-2H3. The van der Waals surface area contributed by atoms with Crippen LogP contribution in [0.25, 0.3) is 10.4 Å². The minimum Gasteiger partial charge on any atom is -0.398 e. The number of nitrogen functional groups attached to an aromatic ring is 1. The fourth-order valence-electron chi connectivity index (χ4n) is 1.74. The van der Waals surface area contributed by atoms with Crippen molar-refractivity contribution in [2.24, 2.45) is 4.99 Å². The summed E-state index contributed by atoms with van der Waals surface area (Å²) >= 11 is 1.70. The minimum atomic E-state index is 0.0556. The molecule has 0 aliphatic carbocycles. The topological polar surface area (TPSA) is 58.6 Å². The van der Waals surface area contributed by atoms with Gasteiger partial charge in [-0.3, -0.25) is 4.99 Å². The van der Waals surface area contributed by atoms with Crippen LogP contribution in [0.3, 0.4) is 0 Å². The van der Waals surface area contributed by atoms with Crippen molar-refractivity contribution in [3.05, 3.63) is 40.8 Å². The first-order valence-electron chi connectivity index (χ1n) is 6.77. The highest BCUT2D eigenvalue weighted by Crippen LogP contribution is 2.29. The largest absolute Gasteiger partial charge is 0.398 e. The third-order valence-corrected chi connectivity index (χ3v) is 3.60. The predicted molar refractivity (Wildman–Crippen MR) is 89.8 cm³/mol.